The lowest BCUT2D eigenvalue weighted by atomic mass is 10.4. The third-order valence-electron chi connectivity index (χ3n) is 2.98. The van der Waals surface area contributed by atoms with Crippen LogP contribution in [0, 0.1) is 0 Å². The number of hydrogen-bond acceptors (Lipinski definition) is 2. The van der Waals surface area contributed by atoms with Gasteiger partial charge in [0, 0.05) is 12.4 Å². The van der Waals surface area contributed by atoms with E-state index in [0.29, 0.717) is 11.3 Å². The molecule has 0 spiro atoms. The first-order valence-electron chi connectivity index (χ1n) is 5.55. The normalized spacial score (nSPS) is 12.0. The number of fused-ring (bicyclic) bond motifs is 2. The second-order valence-corrected chi connectivity index (χ2v) is 4.48. The predicted molar refractivity (Wildman–Crippen MR) is 62.9 cm³/mol. The highest BCUT2D eigenvalue weighted by Gasteiger charge is 2.20. The van der Waals surface area contributed by atoms with Crippen LogP contribution >= 0.6 is 0 Å². The number of H-pyrrole nitrogens is 1. The summed E-state index contributed by atoms with van der Waals surface area (Å²) >= 11 is 0. The zero-order chi connectivity index (χ0) is 12.2. The van der Waals surface area contributed by atoms with Crippen LogP contribution in [0.4, 0.5) is 0 Å². The molecule has 0 radical (unpaired) electrons. The van der Waals surface area contributed by atoms with Crippen LogP contribution in [0.25, 0.3) is 16.9 Å². The highest BCUT2D eigenvalue weighted by molar-refractivity contribution is 5.68. The lowest BCUT2D eigenvalue weighted by Crippen LogP contribution is -2.35. The molecule has 3 aromatic heterocycles. The molecule has 6 heteroatoms. The minimum atomic E-state index is -0.0480. The van der Waals surface area contributed by atoms with Gasteiger partial charge in [-0.05, 0) is 13.8 Å². The Morgan fingerprint density at radius 2 is 2.24 bits per heavy atom. The highest BCUT2D eigenvalue weighted by atomic mass is 16.1. The SMILES string of the molecule is CC(C)[n+]1cn(C)c2c(=O)n3ccnc3[nH]c21. The van der Waals surface area contributed by atoms with Gasteiger partial charge < -0.3 is 0 Å². The monoisotopic (exact) mass is 232 g/mol. The molecule has 0 saturated carbocycles. The van der Waals surface area contributed by atoms with Gasteiger partial charge in [-0.1, -0.05) is 0 Å². The standard InChI is InChI=1S/C11H13N5O/c1-7(2)16-6-14(3)8-9(16)13-11-12-4-5-15(11)10(8)17/h4-7H,1-3H3/p+1. The van der Waals surface area contributed by atoms with Crippen LogP contribution in [0.3, 0.4) is 0 Å². The molecular weight excluding hydrogens is 218 g/mol. The maximum absolute atomic E-state index is 12.3. The molecule has 3 rings (SSSR count). The van der Waals surface area contributed by atoms with Crippen molar-refractivity contribution in [1.29, 1.82) is 0 Å². The number of hydrogen-bond donors (Lipinski definition) is 1. The summed E-state index contributed by atoms with van der Waals surface area (Å²) in [4.78, 5) is 19.6. The van der Waals surface area contributed by atoms with E-state index in [4.69, 9.17) is 0 Å². The molecule has 0 aliphatic rings. The predicted octanol–water partition coefficient (Wildman–Crippen LogP) is 0.383. The number of rotatable bonds is 1. The maximum atomic E-state index is 12.3. The van der Waals surface area contributed by atoms with Gasteiger partial charge in [0.2, 0.25) is 5.52 Å². The summed E-state index contributed by atoms with van der Waals surface area (Å²) in [6.07, 6.45) is 5.21. The number of aromatic amines is 1. The Hall–Kier alpha value is -2.11. The summed E-state index contributed by atoms with van der Waals surface area (Å²) in [5.41, 5.74) is 1.42. The van der Waals surface area contributed by atoms with Crippen molar-refractivity contribution in [3.05, 3.63) is 29.1 Å². The van der Waals surface area contributed by atoms with Gasteiger partial charge in [-0.15, -0.1) is 0 Å². The molecule has 0 atom stereocenters. The van der Waals surface area contributed by atoms with E-state index in [0.717, 1.165) is 5.65 Å². The first-order chi connectivity index (χ1) is 8.09. The molecule has 0 bridgehead atoms. The smallest absolute Gasteiger partial charge is 0.265 e. The van der Waals surface area contributed by atoms with Gasteiger partial charge >= 0.3 is 5.56 Å². The number of imidazole rings is 2. The molecule has 0 aliphatic carbocycles. The Kier molecular flexibility index (Phi) is 1.89. The molecule has 0 aliphatic heterocycles. The van der Waals surface area contributed by atoms with E-state index in [2.05, 4.69) is 23.8 Å². The van der Waals surface area contributed by atoms with Gasteiger partial charge in [0.05, 0.1) is 13.1 Å². The minimum Gasteiger partial charge on any atom is -0.265 e. The van der Waals surface area contributed by atoms with Crippen molar-refractivity contribution in [3.63, 3.8) is 0 Å². The van der Waals surface area contributed by atoms with Gasteiger partial charge in [-0.3, -0.25) is 9.36 Å². The fraction of sp³-hybridized carbons (Fsp3) is 0.364. The van der Waals surface area contributed by atoms with Gasteiger partial charge in [-0.25, -0.2) is 18.9 Å². The molecular formula is C11H14N5O+. The second kappa shape index (κ2) is 3.19. The van der Waals surface area contributed by atoms with Gasteiger partial charge in [-0.2, -0.15) is 0 Å². The van der Waals surface area contributed by atoms with E-state index in [-0.39, 0.29) is 11.6 Å². The molecule has 0 amide bonds. The lowest BCUT2D eigenvalue weighted by molar-refractivity contribution is -0.693. The molecule has 0 fully saturated rings. The van der Waals surface area contributed by atoms with Crippen LogP contribution in [0.1, 0.15) is 19.9 Å². The maximum Gasteiger partial charge on any atom is 0.304 e. The number of nitrogens with one attached hydrogen (secondary N) is 1. The molecule has 0 unspecified atom stereocenters. The Bertz CT molecular complexity index is 761. The van der Waals surface area contributed by atoms with E-state index < -0.39 is 0 Å². The third kappa shape index (κ3) is 1.23. The summed E-state index contributed by atoms with van der Waals surface area (Å²) in [6, 6.07) is 0.284. The molecule has 6 nitrogen and oxygen atoms in total. The summed E-state index contributed by atoms with van der Waals surface area (Å²) in [5.74, 6) is 0.572. The first kappa shape index (κ1) is 10.1. The molecule has 17 heavy (non-hydrogen) atoms. The zero-order valence-electron chi connectivity index (χ0n) is 10.0. The average molecular weight is 232 g/mol. The van der Waals surface area contributed by atoms with Crippen LogP contribution in [-0.2, 0) is 7.05 Å². The summed E-state index contributed by atoms with van der Waals surface area (Å²) in [5, 5.41) is 0. The van der Waals surface area contributed by atoms with Gasteiger partial charge in [0.1, 0.15) is 0 Å². The van der Waals surface area contributed by atoms with Crippen LogP contribution in [0.2, 0.25) is 0 Å². The molecule has 88 valence electrons. The topological polar surface area (TPSA) is 59.0 Å². The van der Waals surface area contributed by atoms with Gasteiger partial charge in [0.25, 0.3) is 11.4 Å². The van der Waals surface area contributed by atoms with Crippen LogP contribution in [-0.4, -0.2) is 18.9 Å². The molecule has 0 aromatic carbocycles. The first-order valence-corrected chi connectivity index (χ1v) is 5.55. The van der Waals surface area contributed by atoms with Crippen molar-refractivity contribution in [2.24, 2.45) is 7.05 Å². The molecule has 3 heterocycles. The lowest BCUT2D eigenvalue weighted by Gasteiger charge is -2.00. The average Bonchev–Trinajstić information content (AvgIpc) is 2.84. The number of nitrogens with zero attached hydrogens (tertiary/aromatic N) is 4. The fourth-order valence-corrected chi connectivity index (χ4v) is 2.14. The van der Waals surface area contributed by atoms with Crippen LogP contribution < -0.4 is 10.1 Å². The minimum absolute atomic E-state index is 0.0480. The van der Waals surface area contributed by atoms with E-state index >= 15 is 0 Å². The number of aryl methyl sites for hydroxylation is 1. The van der Waals surface area contributed by atoms with Crippen molar-refractivity contribution >= 4 is 16.9 Å². The van der Waals surface area contributed by atoms with Crippen molar-refractivity contribution in [2.45, 2.75) is 19.9 Å². The molecule has 3 aromatic rings. The van der Waals surface area contributed by atoms with E-state index in [1.54, 1.807) is 12.4 Å². The van der Waals surface area contributed by atoms with Crippen LogP contribution in [0.15, 0.2) is 23.5 Å². The van der Waals surface area contributed by atoms with E-state index in [1.165, 1.54) is 4.40 Å². The zero-order valence-corrected chi connectivity index (χ0v) is 10.0. The third-order valence-corrected chi connectivity index (χ3v) is 2.98. The largest absolute Gasteiger partial charge is 0.304 e. The van der Waals surface area contributed by atoms with Crippen molar-refractivity contribution in [3.8, 4) is 0 Å². The fourth-order valence-electron chi connectivity index (χ4n) is 2.14. The van der Waals surface area contributed by atoms with Crippen molar-refractivity contribution in [2.75, 3.05) is 0 Å². The highest BCUT2D eigenvalue weighted by Crippen LogP contribution is 2.06. The Morgan fingerprint density at radius 1 is 1.47 bits per heavy atom. The summed E-state index contributed by atoms with van der Waals surface area (Å²) in [6.45, 7) is 4.15. The Labute approximate surface area is 97.1 Å². The molecule has 1 N–H and O–H groups in total. The van der Waals surface area contributed by atoms with Crippen molar-refractivity contribution in [1.82, 2.24) is 18.9 Å². The van der Waals surface area contributed by atoms with Crippen LogP contribution in [0.5, 0.6) is 0 Å². The van der Waals surface area contributed by atoms with Crippen molar-refractivity contribution < 1.29 is 4.57 Å². The Morgan fingerprint density at radius 3 is 2.94 bits per heavy atom. The summed E-state index contributed by atoms with van der Waals surface area (Å²) < 4.78 is 5.39. The summed E-state index contributed by atoms with van der Waals surface area (Å²) in [7, 11) is 1.87. The Balaban J connectivity index is 2.58. The van der Waals surface area contributed by atoms with E-state index in [9.17, 15) is 4.79 Å². The quantitative estimate of drug-likeness (QED) is 0.617. The molecule has 0 saturated heterocycles. The van der Waals surface area contributed by atoms with E-state index in [1.807, 2.05) is 22.5 Å². The van der Waals surface area contributed by atoms with Gasteiger partial charge in [0.15, 0.2) is 6.33 Å². The number of aromatic nitrogens is 5. The second-order valence-electron chi connectivity index (χ2n) is 4.48.